The van der Waals surface area contributed by atoms with E-state index in [1.807, 2.05) is 0 Å². The van der Waals surface area contributed by atoms with E-state index in [4.69, 9.17) is 13.6 Å². The average Bonchev–Trinajstić information content (AvgIpc) is 3.06. The van der Waals surface area contributed by atoms with E-state index in [1.165, 1.54) is 19.3 Å². The molecule has 0 amide bonds. The second-order valence-corrected chi connectivity index (χ2v) is 9.00. The first kappa shape index (κ1) is 12.6. The molecule has 0 radical (unpaired) electrons. The van der Waals surface area contributed by atoms with Gasteiger partial charge in [0.15, 0.2) is 0 Å². The molecule has 3 nitrogen and oxygen atoms in total. The summed E-state index contributed by atoms with van der Waals surface area (Å²) in [5.41, 5.74) is 0. The van der Waals surface area contributed by atoms with E-state index >= 15 is 0 Å². The van der Waals surface area contributed by atoms with Crippen molar-refractivity contribution in [3.8, 4) is 0 Å². The second kappa shape index (κ2) is 4.76. The maximum absolute atomic E-state index is 5.59. The lowest BCUT2D eigenvalue weighted by Gasteiger charge is -2.31. The first-order valence-corrected chi connectivity index (χ1v) is 8.86. The molecule has 4 atom stereocenters. The first-order chi connectivity index (χ1) is 7.58. The van der Waals surface area contributed by atoms with Gasteiger partial charge in [-0.1, -0.05) is 6.92 Å². The van der Waals surface area contributed by atoms with Crippen molar-refractivity contribution >= 4 is 8.56 Å². The summed E-state index contributed by atoms with van der Waals surface area (Å²) in [6.45, 7) is 4.50. The predicted octanol–water partition coefficient (Wildman–Crippen LogP) is 2.55. The van der Waals surface area contributed by atoms with E-state index in [0.717, 1.165) is 12.0 Å². The Morgan fingerprint density at radius 2 is 1.94 bits per heavy atom. The Hall–Kier alpha value is 0.0969. The van der Waals surface area contributed by atoms with Gasteiger partial charge in [0.1, 0.15) is 0 Å². The summed E-state index contributed by atoms with van der Waals surface area (Å²) in [6, 6.07) is 1.10. The van der Waals surface area contributed by atoms with Crippen LogP contribution < -0.4 is 0 Å². The Kier molecular flexibility index (Phi) is 3.74. The molecule has 0 N–H and O–H groups in total. The van der Waals surface area contributed by atoms with Gasteiger partial charge in [-0.2, -0.15) is 0 Å². The number of rotatable bonds is 5. The van der Waals surface area contributed by atoms with Crippen molar-refractivity contribution in [3.63, 3.8) is 0 Å². The van der Waals surface area contributed by atoms with Crippen molar-refractivity contribution in [2.24, 2.45) is 11.8 Å². The normalized spacial score (nSPS) is 35.6. The van der Waals surface area contributed by atoms with Crippen molar-refractivity contribution < 1.29 is 13.6 Å². The summed E-state index contributed by atoms with van der Waals surface area (Å²) < 4.78 is 16.7. The monoisotopic (exact) mass is 244 g/mol. The molecule has 4 heteroatoms. The molecule has 2 aliphatic rings. The Labute approximate surface area is 99.7 Å². The van der Waals surface area contributed by atoms with E-state index in [0.29, 0.717) is 18.1 Å². The lowest BCUT2D eigenvalue weighted by molar-refractivity contribution is 0.222. The Bertz CT molecular complexity index is 242. The topological polar surface area (TPSA) is 31.0 Å². The number of hydrogen-bond acceptors (Lipinski definition) is 3. The van der Waals surface area contributed by atoms with E-state index < -0.39 is 8.56 Å². The third-order valence-corrected chi connectivity index (χ3v) is 7.52. The molecule has 16 heavy (non-hydrogen) atoms. The van der Waals surface area contributed by atoms with Crippen LogP contribution in [0.4, 0.5) is 0 Å². The van der Waals surface area contributed by atoms with Crippen LogP contribution in [-0.2, 0) is 13.6 Å². The summed E-state index contributed by atoms with van der Waals surface area (Å²) in [5, 5.41) is 0. The molecule has 0 aromatic heterocycles. The predicted molar refractivity (Wildman–Crippen MR) is 65.6 cm³/mol. The maximum atomic E-state index is 5.59. The average molecular weight is 244 g/mol. The van der Waals surface area contributed by atoms with Crippen LogP contribution in [0.1, 0.15) is 26.2 Å². The van der Waals surface area contributed by atoms with Crippen LogP contribution in [0.2, 0.25) is 12.6 Å². The second-order valence-electron chi connectivity index (χ2n) is 5.51. The number of fused-ring (bicyclic) bond motifs is 1. The molecule has 1 aliphatic carbocycles. The van der Waals surface area contributed by atoms with Gasteiger partial charge in [-0.15, -0.1) is 0 Å². The molecule has 0 aromatic rings. The SMILES string of the molecule is CO[Si](C)(CC(C)C1CCC2OC2C1)OC. The summed E-state index contributed by atoms with van der Waals surface area (Å²) in [4.78, 5) is 0. The fraction of sp³-hybridized carbons (Fsp3) is 1.00. The summed E-state index contributed by atoms with van der Waals surface area (Å²) in [7, 11) is 1.67. The zero-order valence-corrected chi connectivity index (χ0v) is 11.9. The van der Waals surface area contributed by atoms with Gasteiger partial charge < -0.3 is 13.6 Å². The molecule has 4 unspecified atom stereocenters. The zero-order chi connectivity index (χ0) is 11.8. The zero-order valence-electron chi connectivity index (χ0n) is 10.9. The van der Waals surface area contributed by atoms with Crippen LogP contribution in [0.3, 0.4) is 0 Å². The molecule has 0 aromatic carbocycles. The summed E-state index contributed by atoms with van der Waals surface area (Å²) in [6.07, 6.45) is 5.03. The quantitative estimate of drug-likeness (QED) is 0.550. The molecular weight excluding hydrogens is 220 g/mol. The van der Waals surface area contributed by atoms with E-state index in [-0.39, 0.29) is 0 Å². The van der Waals surface area contributed by atoms with Crippen molar-refractivity contribution in [1.82, 2.24) is 0 Å². The third kappa shape index (κ3) is 2.67. The van der Waals surface area contributed by atoms with Gasteiger partial charge in [-0.25, -0.2) is 0 Å². The first-order valence-electron chi connectivity index (χ1n) is 6.33. The van der Waals surface area contributed by atoms with Crippen molar-refractivity contribution in [2.75, 3.05) is 14.2 Å². The van der Waals surface area contributed by atoms with E-state index in [9.17, 15) is 0 Å². The molecule has 1 aliphatic heterocycles. The molecule has 2 fully saturated rings. The van der Waals surface area contributed by atoms with Crippen LogP contribution in [0, 0.1) is 11.8 Å². The Balaban J connectivity index is 1.84. The van der Waals surface area contributed by atoms with Crippen LogP contribution in [0.15, 0.2) is 0 Å². The van der Waals surface area contributed by atoms with Crippen molar-refractivity contribution in [3.05, 3.63) is 0 Å². The highest BCUT2D eigenvalue weighted by molar-refractivity contribution is 6.66. The number of ether oxygens (including phenoxy) is 1. The Morgan fingerprint density at radius 3 is 2.50 bits per heavy atom. The lowest BCUT2D eigenvalue weighted by atomic mass is 9.82. The molecule has 1 saturated heterocycles. The highest BCUT2D eigenvalue weighted by Crippen LogP contribution is 2.43. The van der Waals surface area contributed by atoms with Crippen LogP contribution in [-0.4, -0.2) is 35.0 Å². The van der Waals surface area contributed by atoms with Crippen LogP contribution in [0.25, 0.3) is 0 Å². The highest BCUT2D eigenvalue weighted by atomic mass is 28.4. The summed E-state index contributed by atoms with van der Waals surface area (Å²) >= 11 is 0. The smallest absolute Gasteiger partial charge is 0.334 e. The minimum Gasteiger partial charge on any atom is -0.398 e. The van der Waals surface area contributed by atoms with Gasteiger partial charge in [0.25, 0.3) is 0 Å². The summed E-state index contributed by atoms with van der Waals surface area (Å²) in [5.74, 6) is 1.50. The molecule has 94 valence electrons. The van der Waals surface area contributed by atoms with Gasteiger partial charge >= 0.3 is 8.56 Å². The van der Waals surface area contributed by atoms with Gasteiger partial charge in [-0.3, -0.25) is 0 Å². The number of epoxide rings is 1. The minimum absolute atomic E-state index is 0.583. The molecule has 1 heterocycles. The van der Waals surface area contributed by atoms with E-state index in [1.54, 1.807) is 14.2 Å². The molecule has 2 rings (SSSR count). The fourth-order valence-electron chi connectivity index (χ4n) is 2.95. The largest absolute Gasteiger partial charge is 0.398 e. The van der Waals surface area contributed by atoms with Gasteiger partial charge in [0.2, 0.25) is 0 Å². The molecule has 1 saturated carbocycles. The molecule has 0 spiro atoms. The van der Waals surface area contributed by atoms with Gasteiger partial charge in [0.05, 0.1) is 12.2 Å². The van der Waals surface area contributed by atoms with Gasteiger partial charge in [-0.05, 0) is 43.7 Å². The highest BCUT2D eigenvalue weighted by Gasteiger charge is 2.46. The lowest BCUT2D eigenvalue weighted by Crippen LogP contribution is -2.39. The van der Waals surface area contributed by atoms with Gasteiger partial charge in [0, 0.05) is 14.2 Å². The van der Waals surface area contributed by atoms with Crippen LogP contribution >= 0.6 is 0 Å². The van der Waals surface area contributed by atoms with Crippen molar-refractivity contribution in [2.45, 2.75) is 51.0 Å². The fourth-order valence-corrected chi connectivity index (χ4v) is 4.96. The maximum Gasteiger partial charge on any atom is 0.334 e. The Morgan fingerprint density at radius 1 is 1.25 bits per heavy atom. The van der Waals surface area contributed by atoms with Crippen LogP contribution in [0.5, 0.6) is 0 Å². The minimum atomic E-state index is -1.89. The van der Waals surface area contributed by atoms with E-state index in [2.05, 4.69) is 13.5 Å². The molecular formula is C12H24O3Si. The third-order valence-electron chi connectivity index (χ3n) is 4.41. The molecule has 0 bridgehead atoms. The number of hydrogen-bond donors (Lipinski definition) is 0. The van der Waals surface area contributed by atoms with Crippen molar-refractivity contribution in [1.29, 1.82) is 0 Å². The standard InChI is InChI=1S/C12H24O3Si/c1-9(8-16(4,13-2)14-3)10-5-6-11-12(7-10)15-11/h9-12H,5-8H2,1-4H3.